The SMILES string of the molecule is Cn1cc(-c2ccc3cnc(NC(O)CC4CNCCO4)cc3c2)cn1. The molecule has 3 heterocycles. The molecule has 7 nitrogen and oxygen atoms in total. The van der Waals surface area contributed by atoms with Crippen LogP contribution in [-0.2, 0) is 11.8 Å². The highest BCUT2D eigenvalue weighted by Gasteiger charge is 2.18. The van der Waals surface area contributed by atoms with Gasteiger partial charge in [0.15, 0.2) is 0 Å². The van der Waals surface area contributed by atoms with Crippen molar-refractivity contribution in [3.05, 3.63) is 42.9 Å². The molecule has 3 aromatic rings. The number of fused-ring (bicyclic) bond motifs is 1. The van der Waals surface area contributed by atoms with Gasteiger partial charge in [-0.1, -0.05) is 12.1 Å². The fraction of sp³-hybridized carbons (Fsp3) is 0.368. The average Bonchev–Trinajstić information content (AvgIpc) is 3.08. The molecule has 136 valence electrons. The van der Waals surface area contributed by atoms with Crippen LogP contribution < -0.4 is 10.6 Å². The van der Waals surface area contributed by atoms with E-state index in [0.717, 1.165) is 35.0 Å². The number of ether oxygens (including phenoxy) is 1. The normalized spacial score (nSPS) is 18.8. The van der Waals surface area contributed by atoms with Crippen molar-refractivity contribution in [2.24, 2.45) is 7.05 Å². The maximum atomic E-state index is 10.3. The number of rotatable bonds is 5. The molecule has 0 saturated carbocycles. The highest BCUT2D eigenvalue weighted by atomic mass is 16.5. The molecule has 2 atom stereocenters. The fourth-order valence-electron chi connectivity index (χ4n) is 3.22. The molecular weight excluding hydrogens is 330 g/mol. The summed E-state index contributed by atoms with van der Waals surface area (Å²) in [7, 11) is 1.91. The van der Waals surface area contributed by atoms with Gasteiger partial charge in [-0.2, -0.15) is 5.10 Å². The number of anilines is 1. The number of pyridine rings is 1. The van der Waals surface area contributed by atoms with Crippen molar-refractivity contribution >= 4 is 16.6 Å². The second kappa shape index (κ2) is 7.41. The number of benzene rings is 1. The average molecular weight is 353 g/mol. The third kappa shape index (κ3) is 3.85. The molecule has 1 aliphatic rings. The van der Waals surface area contributed by atoms with E-state index in [9.17, 15) is 5.11 Å². The lowest BCUT2D eigenvalue weighted by Gasteiger charge is -2.26. The van der Waals surface area contributed by atoms with Gasteiger partial charge >= 0.3 is 0 Å². The Morgan fingerprint density at radius 1 is 1.31 bits per heavy atom. The summed E-state index contributed by atoms with van der Waals surface area (Å²) in [5.41, 5.74) is 2.17. The minimum absolute atomic E-state index is 0.0175. The predicted octanol–water partition coefficient (Wildman–Crippen LogP) is 1.74. The predicted molar refractivity (Wildman–Crippen MR) is 101 cm³/mol. The second-order valence-electron chi connectivity index (χ2n) is 6.63. The number of nitrogens with zero attached hydrogens (tertiary/aromatic N) is 3. The smallest absolute Gasteiger partial charge is 0.128 e. The Hall–Kier alpha value is -2.48. The van der Waals surface area contributed by atoms with Crippen molar-refractivity contribution in [1.29, 1.82) is 0 Å². The molecule has 1 fully saturated rings. The van der Waals surface area contributed by atoms with Crippen LogP contribution >= 0.6 is 0 Å². The van der Waals surface area contributed by atoms with E-state index in [1.54, 1.807) is 4.68 Å². The zero-order valence-corrected chi connectivity index (χ0v) is 14.7. The van der Waals surface area contributed by atoms with Crippen molar-refractivity contribution in [2.75, 3.05) is 25.0 Å². The first-order chi connectivity index (χ1) is 12.7. The Morgan fingerprint density at radius 2 is 2.23 bits per heavy atom. The Bertz CT molecular complexity index is 889. The van der Waals surface area contributed by atoms with Gasteiger partial charge < -0.3 is 20.5 Å². The largest absolute Gasteiger partial charge is 0.375 e. The molecule has 2 aromatic heterocycles. The molecule has 0 aliphatic carbocycles. The lowest BCUT2D eigenvalue weighted by atomic mass is 10.1. The maximum Gasteiger partial charge on any atom is 0.128 e. The summed E-state index contributed by atoms with van der Waals surface area (Å²) >= 11 is 0. The first-order valence-corrected chi connectivity index (χ1v) is 8.83. The number of aryl methyl sites for hydroxylation is 1. The summed E-state index contributed by atoms with van der Waals surface area (Å²) in [6.45, 7) is 2.31. The van der Waals surface area contributed by atoms with E-state index in [0.29, 0.717) is 18.8 Å². The summed E-state index contributed by atoms with van der Waals surface area (Å²) in [5.74, 6) is 0.650. The maximum absolute atomic E-state index is 10.3. The van der Waals surface area contributed by atoms with Crippen molar-refractivity contribution in [3.8, 4) is 11.1 Å². The third-order valence-corrected chi connectivity index (χ3v) is 4.56. The summed E-state index contributed by atoms with van der Waals surface area (Å²) in [6, 6.07) is 8.18. The van der Waals surface area contributed by atoms with Crippen LogP contribution in [-0.4, -0.2) is 51.9 Å². The van der Waals surface area contributed by atoms with Crippen molar-refractivity contribution in [2.45, 2.75) is 18.8 Å². The topological polar surface area (TPSA) is 84.2 Å². The van der Waals surface area contributed by atoms with Gasteiger partial charge in [-0.25, -0.2) is 4.98 Å². The molecule has 4 rings (SSSR count). The van der Waals surface area contributed by atoms with Crippen LogP contribution in [0.25, 0.3) is 21.9 Å². The van der Waals surface area contributed by atoms with Crippen molar-refractivity contribution in [3.63, 3.8) is 0 Å². The quantitative estimate of drug-likeness (QED) is 0.606. The molecule has 1 saturated heterocycles. The van der Waals surface area contributed by atoms with Crippen molar-refractivity contribution in [1.82, 2.24) is 20.1 Å². The Kier molecular flexibility index (Phi) is 4.83. The Labute approximate surface area is 152 Å². The van der Waals surface area contributed by atoms with Gasteiger partial charge in [-0.05, 0) is 23.1 Å². The number of hydrogen-bond acceptors (Lipinski definition) is 6. The summed E-state index contributed by atoms with van der Waals surface area (Å²) < 4.78 is 7.42. The standard InChI is InChI=1S/C19H23N5O2/c1-24-12-16(10-22-24)13-2-3-14-9-21-18(7-15(14)6-13)23-19(25)8-17-11-20-4-5-26-17/h2-3,6-7,9-10,12,17,19-20,25H,4-5,8,11H2,1H3,(H,21,23). The Balaban J connectivity index is 1.50. The van der Waals surface area contributed by atoms with E-state index in [2.05, 4.69) is 32.8 Å². The first-order valence-electron chi connectivity index (χ1n) is 8.83. The van der Waals surface area contributed by atoms with Crippen LogP contribution in [0, 0.1) is 0 Å². The molecule has 0 amide bonds. The highest BCUT2D eigenvalue weighted by Crippen LogP contribution is 2.25. The molecular formula is C19H23N5O2. The zero-order chi connectivity index (χ0) is 17.9. The van der Waals surface area contributed by atoms with Crippen LogP contribution in [0.15, 0.2) is 42.9 Å². The highest BCUT2D eigenvalue weighted by molar-refractivity contribution is 5.88. The number of hydrogen-bond donors (Lipinski definition) is 3. The van der Waals surface area contributed by atoms with E-state index in [1.807, 2.05) is 37.8 Å². The monoisotopic (exact) mass is 353 g/mol. The summed E-state index contributed by atoms with van der Waals surface area (Å²) in [4.78, 5) is 4.40. The second-order valence-corrected chi connectivity index (χ2v) is 6.63. The summed E-state index contributed by atoms with van der Waals surface area (Å²) in [6.07, 6.45) is 5.49. The van der Waals surface area contributed by atoms with Gasteiger partial charge in [-0.3, -0.25) is 4.68 Å². The van der Waals surface area contributed by atoms with Crippen LogP contribution in [0.3, 0.4) is 0 Å². The fourth-order valence-corrected chi connectivity index (χ4v) is 3.22. The van der Waals surface area contributed by atoms with Crippen molar-refractivity contribution < 1.29 is 9.84 Å². The zero-order valence-electron chi connectivity index (χ0n) is 14.7. The van der Waals surface area contributed by atoms with Gasteiger partial charge in [0.05, 0.1) is 18.9 Å². The third-order valence-electron chi connectivity index (χ3n) is 4.56. The minimum atomic E-state index is -0.702. The Morgan fingerprint density at radius 3 is 3.00 bits per heavy atom. The van der Waals surface area contributed by atoms with Crippen LogP contribution in [0.2, 0.25) is 0 Å². The van der Waals surface area contributed by atoms with Crippen LogP contribution in [0.4, 0.5) is 5.82 Å². The van der Waals surface area contributed by atoms with Gasteiger partial charge in [0.2, 0.25) is 0 Å². The molecule has 26 heavy (non-hydrogen) atoms. The number of aromatic nitrogens is 3. The van der Waals surface area contributed by atoms with Gasteiger partial charge in [0, 0.05) is 49.9 Å². The van der Waals surface area contributed by atoms with E-state index >= 15 is 0 Å². The van der Waals surface area contributed by atoms with Gasteiger partial charge in [-0.15, -0.1) is 0 Å². The van der Waals surface area contributed by atoms with E-state index in [4.69, 9.17) is 4.74 Å². The molecule has 0 bridgehead atoms. The number of morpholine rings is 1. The summed E-state index contributed by atoms with van der Waals surface area (Å²) in [5, 5.41) is 23.0. The molecule has 0 spiro atoms. The van der Waals surface area contributed by atoms with E-state index in [1.165, 1.54) is 0 Å². The number of aliphatic hydroxyl groups excluding tert-OH is 1. The van der Waals surface area contributed by atoms with Crippen LogP contribution in [0.5, 0.6) is 0 Å². The van der Waals surface area contributed by atoms with E-state index < -0.39 is 6.23 Å². The lowest BCUT2D eigenvalue weighted by molar-refractivity contribution is 0.000660. The van der Waals surface area contributed by atoms with Gasteiger partial charge in [0.25, 0.3) is 0 Å². The first kappa shape index (κ1) is 17.0. The molecule has 3 N–H and O–H groups in total. The minimum Gasteiger partial charge on any atom is -0.375 e. The lowest BCUT2D eigenvalue weighted by Crippen LogP contribution is -2.41. The number of aliphatic hydroxyl groups is 1. The molecule has 2 unspecified atom stereocenters. The molecule has 1 aromatic carbocycles. The number of nitrogens with one attached hydrogen (secondary N) is 2. The van der Waals surface area contributed by atoms with Crippen LogP contribution in [0.1, 0.15) is 6.42 Å². The molecule has 1 aliphatic heterocycles. The van der Waals surface area contributed by atoms with Gasteiger partial charge in [0.1, 0.15) is 12.0 Å². The molecule has 0 radical (unpaired) electrons. The van der Waals surface area contributed by atoms with E-state index in [-0.39, 0.29) is 6.10 Å². The molecule has 7 heteroatoms.